The first-order chi connectivity index (χ1) is 8.56. The average Bonchev–Trinajstić information content (AvgIpc) is 2.78. The Balaban J connectivity index is 2.37. The summed E-state index contributed by atoms with van der Waals surface area (Å²) in [6.45, 7) is 4.66. The highest BCUT2D eigenvalue weighted by molar-refractivity contribution is 5.83. The van der Waals surface area contributed by atoms with Crippen LogP contribution in [0.2, 0.25) is 0 Å². The lowest BCUT2D eigenvalue weighted by atomic mass is 10.1. The average molecular weight is 256 g/mol. The van der Waals surface area contributed by atoms with E-state index in [-0.39, 0.29) is 12.1 Å². The molecule has 1 aliphatic rings. The van der Waals surface area contributed by atoms with Gasteiger partial charge >= 0.3 is 12.0 Å². The van der Waals surface area contributed by atoms with Gasteiger partial charge in [-0.2, -0.15) is 0 Å². The van der Waals surface area contributed by atoms with Gasteiger partial charge in [0.15, 0.2) is 0 Å². The summed E-state index contributed by atoms with van der Waals surface area (Å²) < 4.78 is 0. The van der Waals surface area contributed by atoms with Crippen molar-refractivity contribution in [2.24, 2.45) is 0 Å². The van der Waals surface area contributed by atoms with Crippen LogP contribution in [-0.4, -0.2) is 40.6 Å². The highest BCUT2D eigenvalue weighted by atomic mass is 16.4. The second-order valence-corrected chi connectivity index (χ2v) is 5.04. The number of aliphatic carboxylic acids is 1. The molecule has 1 rings (SSSR count). The van der Waals surface area contributed by atoms with E-state index < -0.39 is 12.0 Å². The summed E-state index contributed by atoms with van der Waals surface area (Å²) >= 11 is 0. The lowest BCUT2D eigenvalue weighted by Crippen LogP contribution is -2.48. The molecule has 1 unspecified atom stereocenters. The Labute approximate surface area is 109 Å². The normalized spacial score (nSPS) is 20.8. The molecule has 0 spiro atoms. The summed E-state index contributed by atoms with van der Waals surface area (Å²) in [6.07, 6.45) is 5.71. The number of urea groups is 1. The van der Waals surface area contributed by atoms with Crippen molar-refractivity contribution in [3.63, 3.8) is 0 Å². The lowest BCUT2D eigenvalue weighted by molar-refractivity contribution is -0.141. The molecular formula is C13H24N2O3. The first kappa shape index (κ1) is 14.8. The molecule has 2 N–H and O–H groups in total. The van der Waals surface area contributed by atoms with E-state index >= 15 is 0 Å². The molecule has 1 heterocycles. The van der Waals surface area contributed by atoms with Gasteiger partial charge in [-0.25, -0.2) is 9.59 Å². The molecule has 1 saturated heterocycles. The van der Waals surface area contributed by atoms with Crippen LogP contribution >= 0.6 is 0 Å². The number of carbonyl (C=O) groups is 2. The number of nitrogens with one attached hydrogen (secondary N) is 1. The smallest absolute Gasteiger partial charge is 0.326 e. The molecule has 5 heteroatoms. The van der Waals surface area contributed by atoms with Crippen molar-refractivity contribution in [2.45, 2.75) is 64.5 Å². The maximum absolute atomic E-state index is 12.0. The summed E-state index contributed by atoms with van der Waals surface area (Å²) in [5, 5.41) is 11.9. The third-order valence-electron chi connectivity index (χ3n) is 3.41. The summed E-state index contributed by atoms with van der Waals surface area (Å²) in [5.74, 6) is -0.902. The van der Waals surface area contributed by atoms with E-state index in [4.69, 9.17) is 5.11 Å². The molecule has 2 atom stereocenters. The number of amides is 2. The number of carboxylic acid groups (broad SMARTS) is 1. The summed E-state index contributed by atoms with van der Waals surface area (Å²) in [4.78, 5) is 24.4. The van der Waals surface area contributed by atoms with Crippen LogP contribution in [0.15, 0.2) is 0 Å². The number of rotatable bonds is 6. The van der Waals surface area contributed by atoms with Crippen LogP contribution in [-0.2, 0) is 4.79 Å². The Morgan fingerprint density at radius 2 is 2.17 bits per heavy atom. The van der Waals surface area contributed by atoms with Gasteiger partial charge in [-0.1, -0.05) is 26.2 Å². The van der Waals surface area contributed by atoms with Gasteiger partial charge in [-0.05, 0) is 26.2 Å². The lowest BCUT2D eigenvalue weighted by Gasteiger charge is -2.24. The molecule has 0 aromatic heterocycles. The number of nitrogens with zero attached hydrogens (tertiary/aromatic N) is 1. The highest BCUT2D eigenvalue weighted by Crippen LogP contribution is 2.17. The number of likely N-dealkylation sites (tertiary alicyclic amines) is 1. The van der Waals surface area contributed by atoms with Crippen LogP contribution in [0.5, 0.6) is 0 Å². The fourth-order valence-electron chi connectivity index (χ4n) is 2.33. The van der Waals surface area contributed by atoms with Gasteiger partial charge in [-0.3, -0.25) is 0 Å². The van der Waals surface area contributed by atoms with Gasteiger partial charge < -0.3 is 15.3 Å². The number of unbranched alkanes of at least 4 members (excludes halogenated alkanes) is 2. The molecule has 2 amide bonds. The maximum Gasteiger partial charge on any atom is 0.326 e. The Morgan fingerprint density at radius 3 is 2.78 bits per heavy atom. The predicted molar refractivity (Wildman–Crippen MR) is 69.5 cm³/mol. The van der Waals surface area contributed by atoms with Crippen molar-refractivity contribution in [1.29, 1.82) is 0 Å². The topological polar surface area (TPSA) is 69.6 Å². The van der Waals surface area contributed by atoms with E-state index in [1.54, 1.807) is 0 Å². The largest absolute Gasteiger partial charge is 0.480 e. The monoisotopic (exact) mass is 256 g/mol. The van der Waals surface area contributed by atoms with E-state index in [1.165, 1.54) is 11.3 Å². The van der Waals surface area contributed by atoms with Crippen LogP contribution in [0.3, 0.4) is 0 Å². The molecule has 1 fully saturated rings. The number of hydrogen-bond donors (Lipinski definition) is 2. The molecular weight excluding hydrogens is 232 g/mol. The van der Waals surface area contributed by atoms with Crippen molar-refractivity contribution in [3.05, 3.63) is 0 Å². The van der Waals surface area contributed by atoms with Crippen LogP contribution in [0, 0.1) is 0 Å². The van der Waals surface area contributed by atoms with Gasteiger partial charge in [0.2, 0.25) is 0 Å². The number of hydrogen-bond acceptors (Lipinski definition) is 2. The molecule has 104 valence electrons. The standard InChI is InChI=1S/C13H24N2O3/c1-3-4-5-7-10(2)14-13(18)15-9-6-8-11(15)12(16)17/h10-11H,3-9H2,1-2H3,(H,14,18)(H,16,17)/t10?,11-/m1/s1. The van der Waals surface area contributed by atoms with Crippen molar-refractivity contribution in [2.75, 3.05) is 6.54 Å². The van der Waals surface area contributed by atoms with Gasteiger partial charge in [0, 0.05) is 12.6 Å². The zero-order valence-corrected chi connectivity index (χ0v) is 11.3. The van der Waals surface area contributed by atoms with Crippen molar-refractivity contribution < 1.29 is 14.7 Å². The predicted octanol–water partition coefficient (Wildman–Crippen LogP) is 2.21. The van der Waals surface area contributed by atoms with Crippen LogP contribution < -0.4 is 5.32 Å². The Hall–Kier alpha value is -1.26. The minimum atomic E-state index is -0.902. The Bertz CT molecular complexity index is 294. The zero-order valence-electron chi connectivity index (χ0n) is 11.3. The van der Waals surface area contributed by atoms with Crippen LogP contribution in [0.1, 0.15) is 52.4 Å². The fourth-order valence-corrected chi connectivity index (χ4v) is 2.33. The molecule has 0 aromatic carbocycles. The van der Waals surface area contributed by atoms with Crippen molar-refractivity contribution >= 4 is 12.0 Å². The summed E-state index contributed by atoms with van der Waals surface area (Å²) in [5.41, 5.74) is 0. The molecule has 0 aliphatic carbocycles. The first-order valence-corrected chi connectivity index (χ1v) is 6.86. The van der Waals surface area contributed by atoms with E-state index in [0.717, 1.165) is 25.7 Å². The first-order valence-electron chi connectivity index (χ1n) is 6.86. The SMILES string of the molecule is CCCCCC(C)NC(=O)N1CCC[C@@H]1C(=O)O. The second-order valence-electron chi connectivity index (χ2n) is 5.04. The molecule has 0 bridgehead atoms. The highest BCUT2D eigenvalue weighted by Gasteiger charge is 2.34. The zero-order chi connectivity index (χ0) is 13.5. The molecule has 0 radical (unpaired) electrons. The van der Waals surface area contributed by atoms with Gasteiger partial charge in [0.05, 0.1) is 0 Å². The van der Waals surface area contributed by atoms with Crippen LogP contribution in [0.4, 0.5) is 4.79 Å². The molecule has 0 saturated carbocycles. The number of carbonyl (C=O) groups excluding carboxylic acids is 1. The van der Waals surface area contributed by atoms with Crippen molar-refractivity contribution in [3.8, 4) is 0 Å². The summed E-state index contributed by atoms with van der Waals surface area (Å²) in [7, 11) is 0. The Morgan fingerprint density at radius 1 is 1.44 bits per heavy atom. The minimum absolute atomic E-state index is 0.110. The second kappa shape index (κ2) is 7.24. The molecule has 0 aromatic rings. The van der Waals surface area contributed by atoms with E-state index in [1.807, 2.05) is 6.92 Å². The third kappa shape index (κ3) is 4.20. The Kier molecular flexibility index (Phi) is 5.95. The quantitative estimate of drug-likeness (QED) is 0.716. The van der Waals surface area contributed by atoms with E-state index in [2.05, 4.69) is 12.2 Å². The van der Waals surface area contributed by atoms with Crippen LogP contribution in [0.25, 0.3) is 0 Å². The van der Waals surface area contributed by atoms with Gasteiger partial charge in [0.25, 0.3) is 0 Å². The molecule has 1 aliphatic heterocycles. The van der Waals surface area contributed by atoms with Gasteiger partial charge in [-0.15, -0.1) is 0 Å². The van der Waals surface area contributed by atoms with E-state index in [9.17, 15) is 9.59 Å². The molecule has 5 nitrogen and oxygen atoms in total. The van der Waals surface area contributed by atoms with Crippen molar-refractivity contribution in [1.82, 2.24) is 10.2 Å². The number of carboxylic acids is 1. The maximum atomic E-state index is 12.0. The van der Waals surface area contributed by atoms with Gasteiger partial charge in [0.1, 0.15) is 6.04 Å². The third-order valence-corrected chi connectivity index (χ3v) is 3.41. The fraction of sp³-hybridized carbons (Fsp3) is 0.846. The van der Waals surface area contributed by atoms with E-state index in [0.29, 0.717) is 13.0 Å². The summed E-state index contributed by atoms with van der Waals surface area (Å²) in [6, 6.07) is -0.768. The molecule has 18 heavy (non-hydrogen) atoms. The minimum Gasteiger partial charge on any atom is -0.480 e.